The van der Waals surface area contributed by atoms with Crippen molar-refractivity contribution in [2.45, 2.75) is 26.3 Å². The molecule has 1 aromatic carbocycles. The van der Waals surface area contributed by atoms with E-state index in [-0.39, 0.29) is 5.92 Å². The van der Waals surface area contributed by atoms with E-state index in [2.05, 4.69) is 24.2 Å². The highest BCUT2D eigenvalue weighted by Crippen LogP contribution is 2.22. The van der Waals surface area contributed by atoms with Gasteiger partial charge in [0.05, 0.1) is 12.2 Å². The van der Waals surface area contributed by atoms with E-state index in [4.69, 9.17) is 17.3 Å². The van der Waals surface area contributed by atoms with Crippen LogP contribution in [0.3, 0.4) is 0 Å². The molecule has 4 nitrogen and oxygen atoms in total. The average Bonchev–Trinajstić information content (AvgIpc) is 2.63. The largest absolute Gasteiger partial charge is 0.381 e. The summed E-state index contributed by atoms with van der Waals surface area (Å²) in [5.41, 5.74) is 7.77. The molecule has 0 aliphatic heterocycles. The minimum absolute atomic E-state index is 0.285. The third-order valence-corrected chi connectivity index (χ3v) is 2.99. The number of anilines is 1. The molecule has 1 aromatic heterocycles. The van der Waals surface area contributed by atoms with Crippen molar-refractivity contribution in [2.75, 3.05) is 5.73 Å². The van der Waals surface area contributed by atoms with Crippen LogP contribution in [-0.4, -0.2) is 15.0 Å². The van der Waals surface area contributed by atoms with Gasteiger partial charge in [-0.1, -0.05) is 48.9 Å². The Morgan fingerprint density at radius 3 is 2.71 bits per heavy atom. The van der Waals surface area contributed by atoms with Gasteiger partial charge in [-0.3, -0.25) is 0 Å². The fourth-order valence-corrected chi connectivity index (χ4v) is 2.03. The molecule has 2 N–H and O–H groups in total. The van der Waals surface area contributed by atoms with Gasteiger partial charge in [-0.2, -0.15) is 0 Å². The van der Waals surface area contributed by atoms with Gasteiger partial charge >= 0.3 is 0 Å². The van der Waals surface area contributed by atoms with E-state index in [9.17, 15) is 0 Å². The van der Waals surface area contributed by atoms with Gasteiger partial charge < -0.3 is 5.73 Å². The molecule has 0 aliphatic rings. The smallest absolute Gasteiger partial charge is 0.169 e. The SMILES string of the molecule is CC(C)c1c(N)nnn1Cc1ccccc1Cl. The van der Waals surface area contributed by atoms with Gasteiger partial charge in [0.25, 0.3) is 0 Å². The molecule has 0 aliphatic carbocycles. The first kappa shape index (κ1) is 11.9. The molecule has 5 heteroatoms. The molecule has 0 radical (unpaired) electrons. The molecular formula is C12H15ClN4. The molecule has 0 saturated heterocycles. The topological polar surface area (TPSA) is 56.7 Å². The highest BCUT2D eigenvalue weighted by Gasteiger charge is 2.14. The second-order valence-corrected chi connectivity index (χ2v) is 4.67. The van der Waals surface area contributed by atoms with Crippen LogP contribution in [0.2, 0.25) is 5.02 Å². The number of nitrogens with two attached hydrogens (primary N) is 1. The van der Waals surface area contributed by atoms with Gasteiger partial charge in [-0.15, -0.1) is 5.10 Å². The summed E-state index contributed by atoms with van der Waals surface area (Å²) in [5.74, 6) is 0.777. The third kappa shape index (κ3) is 2.42. The van der Waals surface area contributed by atoms with Crippen molar-refractivity contribution in [2.24, 2.45) is 0 Å². The maximum atomic E-state index is 6.12. The maximum Gasteiger partial charge on any atom is 0.169 e. The van der Waals surface area contributed by atoms with Crippen molar-refractivity contribution in [1.82, 2.24) is 15.0 Å². The van der Waals surface area contributed by atoms with Crippen molar-refractivity contribution >= 4 is 17.4 Å². The Kier molecular flexibility index (Phi) is 3.33. The van der Waals surface area contributed by atoms with Crippen LogP contribution >= 0.6 is 11.6 Å². The molecule has 0 atom stereocenters. The average molecular weight is 251 g/mol. The summed E-state index contributed by atoms with van der Waals surface area (Å²) in [6.07, 6.45) is 0. The zero-order chi connectivity index (χ0) is 12.4. The van der Waals surface area contributed by atoms with Crippen LogP contribution in [0, 0.1) is 0 Å². The van der Waals surface area contributed by atoms with E-state index < -0.39 is 0 Å². The third-order valence-electron chi connectivity index (χ3n) is 2.63. The first-order valence-corrected chi connectivity index (χ1v) is 5.89. The highest BCUT2D eigenvalue weighted by molar-refractivity contribution is 6.31. The molecule has 0 bridgehead atoms. The van der Waals surface area contributed by atoms with E-state index in [1.54, 1.807) is 4.68 Å². The summed E-state index contributed by atoms with van der Waals surface area (Å²) < 4.78 is 1.81. The lowest BCUT2D eigenvalue weighted by Gasteiger charge is -2.10. The summed E-state index contributed by atoms with van der Waals surface area (Å²) in [4.78, 5) is 0. The minimum Gasteiger partial charge on any atom is -0.381 e. The second kappa shape index (κ2) is 4.75. The van der Waals surface area contributed by atoms with Gasteiger partial charge in [-0.05, 0) is 17.5 Å². The van der Waals surface area contributed by atoms with Crippen molar-refractivity contribution in [3.63, 3.8) is 0 Å². The Balaban J connectivity index is 2.34. The lowest BCUT2D eigenvalue weighted by atomic mass is 10.1. The first-order valence-electron chi connectivity index (χ1n) is 5.52. The number of aromatic nitrogens is 3. The molecule has 2 aromatic rings. The Hall–Kier alpha value is -1.55. The first-order chi connectivity index (χ1) is 8.09. The number of halogens is 1. The van der Waals surface area contributed by atoms with Gasteiger partial charge in [0.1, 0.15) is 0 Å². The van der Waals surface area contributed by atoms with Gasteiger partial charge in [0.2, 0.25) is 0 Å². The molecule has 0 amide bonds. The summed E-state index contributed by atoms with van der Waals surface area (Å²) in [6, 6.07) is 7.71. The Labute approximate surface area is 105 Å². The molecule has 0 saturated carbocycles. The van der Waals surface area contributed by atoms with Crippen molar-refractivity contribution < 1.29 is 0 Å². The number of nitrogens with zero attached hydrogens (tertiary/aromatic N) is 3. The summed E-state index contributed by atoms with van der Waals surface area (Å²) in [6.45, 7) is 4.73. The van der Waals surface area contributed by atoms with E-state index in [0.717, 1.165) is 16.3 Å². The molecule has 0 unspecified atom stereocenters. The van der Waals surface area contributed by atoms with Crippen LogP contribution in [-0.2, 0) is 6.54 Å². The monoisotopic (exact) mass is 250 g/mol. The summed E-state index contributed by atoms with van der Waals surface area (Å²) in [7, 11) is 0. The van der Waals surface area contributed by atoms with Crippen molar-refractivity contribution in [3.05, 3.63) is 40.5 Å². The number of hydrogen-bond donors (Lipinski definition) is 1. The molecular weight excluding hydrogens is 236 g/mol. The van der Waals surface area contributed by atoms with Crippen LogP contribution in [0.4, 0.5) is 5.82 Å². The molecule has 90 valence electrons. The molecule has 1 heterocycles. The number of nitrogen functional groups attached to an aromatic ring is 1. The van der Waals surface area contributed by atoms with E-state index in [1.165, 1.54) is 0 Å². The fraction of sp³-hybridized carbons (Fsp3) is 0.333. The minimum atomic E-state index is 0.285. The standard InChI is InChI=1S/C12H15ClN4/c1-8(2)11-12(14)15-16-17(11)7-9-5-3-4-6-10(9)13/h3-6,8H,7,14H2,1-2H3. The molecule has 2 rings (SSSR count). The molecule has 0 fully saturated rings. The van der Waals surface area contributed by atoms with Crippen LogP contribution in [0.15, 0.2) is 24.3 Å². The predicted octanol–water partition coefficient (Wildman–Crippen LogP) is 2.69. The number of hydrogen-bond acceptors (Lipinski definition) is 3. The molecule has 17 heavy (non-hydrogen) atoms. The summed E-state index contributed by atoms with van der Waals surface area (Å²) in [5, 5.41) is 8.70. The Morgan fingerprint density at radius 1 is 1.35 bits per heavy atom. The number of rotatable bonds is 3. The number of benzene rings is 1. The van der Waals surface area contributed by atoms with Crippen LogP contribution in [0.25, 0.3) is 0 Å². The fourth-order valence-electron chi connectivity index (χ4n) is 1.83. The van der Waals surface area contributed by atoms with Gasteiger partial charge in [0.15, 0.2) is 5.82 Å². The van der Waals surface area contributed by atoms with E-state index in [1.807, 2.05) is 24.3 Å². The van der Waals surface area contributed by atoms with Crippen LogP contribution in [0.5, 0.6) is 0 Å². The quantitative estimate of drug-likeness (QED) is 0.911. The Bertz CT molecular complexity index is 519. The van der Waals surface area contributed by atoms with Crippen LogP contribution < -0.4 is 5.73 Å². The second-order valence-electron chi connectivity index (χ2n) is 4.26. The van der Waals surface area contributed by atoms with Gasteiger partial charge in [0, 0.05) is 5.02 Å². The van der Waals surface area contributed by atoms with E-state index >= 15 is 0 Å². The summed E-state index contributed by atoms with van der Waals surface area (Å²) >= 11 is 6.12. The van der Waals surface area contributed by atoms with Crippen molar-refractivity contribution in [3.8, 4) is 0 Å². The zero-order valence-corrected chi connectivity index (χ0v) is 10.6. The Morgan fingerprint density at radius 2 is 2.06 bits per heavy atom. The highest BCUT2D eigenvalue weighted by atomic mass is 35.5. The van der Waals surface area contributed by atoms with E-state index in [0.29, 0.717) is 12.4 Å². The predicted molar refractivity (Wildman–Crippen MR) is 69.1 cm³/mol. The van der Waals surface area contributed by atoms with Crippen LogP contribution in [0.1, 0.15) is 31.0 Å². The van der Waals surface area contributed by atoms with Crippen molar-refractivity contribution in [1.29, 1.82) is 0 Å². The molecule has 0 spiro atoms. The maximum absolute atomic E-state index is 6.12. The normalized spacial score (nSPS) is 11.1. The van der Waals surface area contributed by atoms with Gasteiger partial charge in [-0.25, -0.2) is 4.68 Å². The lowest BCUT2D eigenvalue weighted by molar-refractivity contribution is 0.598. The zero-order valence-electron chi connectivity index (χ0n) is 9.89. The lowest BCUT2D eigenvalue weighted by Crippen LogP contribution is -2.09.